The maximum atomic E-state index is 11.5. The molecule has 0 saturated carbocycles. The molecule has 0 spiro atoms. The average molecular weight is 229 g/mol. The number of methoxy groups -OCH3 is 2. The minimum Gasteiger partial charge on any atom is -0.469 e. The Morgan fingerprint density at radius 2 is 2.25 bits per heavy atom. The molecule has 7 nitrogen and oxygen atoms in total. The Labute approximate surface area is 91.1 Å². The smallest absolute Gasteiger partial charge is 0.318 e. The van der Waals surface area contributed by atoms with Crippen LogP contribution >= 0.6 is 0 Å². The fourth-order valence-corrected chi connectivity index (χ4v) is 2.23. The standard InChI is InChI=1S/C9H11NO6/c1-14-8(11)6-5-3-4-9(15-2,16-5)7(6)10(12)13/h3-7H,1-2H3/t5-,6+,7-,9+/m1/s1. The number of ether oxygens (including phenoxy) is 3. The highest BCUT2D eigenvalue weighted by molar-refractivity contribution is 5.75. The lowest BCUT2D eigenvalue weighted by molar-refractivity contribution is -0.553. The molecule has 2 aliphatic rings. The van der Waals surface area contributed by atoms with Gasteiger partial charge < -0.3 is 14.2 Å². The highest BCUT2D eigenvalue weighted by atomic mass is 16.7. The molecule has 2 rings (SSSR count). The van der Waals surface area contributed by atoms with Crippen LogP contribution in [0.5, 0.6) is 0 Å². The maximum Gasteiger partial charge on any atom is 0.318 e. The van der Waals surface area contributed by atoms with Gasteiger partial charge in [-0.2, -0.15) is 0 Å². The molecule has 0 aromatic carbocycles. The zero-order valence-corrected chi connectivity index (χ0v) is 8.78. The van der Waals surface area contributed by atoms with Crippen LogP contribution in [0.3, 0.4) is 0 Å². The molecule has 0 aliphatic carbocycles. The van der Waals surface area contributed by atoms with Gasteiger partial charge in [0.2, 0.25) is 0 Å². The molecule has 1 fully saturated rings. The van der Waals surface area contributed by atoms with Crippen molar-refractivity contribution in [2.45, 2.75) is 17.9 Å². The van der Waals surface area contributed by atoms with E-state index in [0.717, 1.165) is 0 Å². The number of hydrogen-bond donors (Lipinski definition) is 0. The first-order valence-electron chi connectivity index (χ1n) is 4.69. The average Bonchev–Trinajstić information content (AvgIpc) is 2.83. The predicted octanol–water partition coefficient (Wildman–Crippen LogP) is -0.268. The van der Waals surface area contributed by atoms with Crippen molar-refractivity contribution < 1.29 is 23.9 Å². The molecule has 4 atom stereocenters. The molecule has 0 amide bonds. The topological polar surface area (TPSA) is 87.9 Å². The van der Waals surface area contributed by atoms with Crippen LogP contribution in [0.2, 0.25) is 0 Å². The second-order valence-electron chi connectivity index (χ2n) is 3.65. The molecule has 16 heavy (non-hydrogen) atoms. The molecule has 2 bridgehead atoms. The second kappa shape index (κ2) is 3.53. The Morgan fingerprint density at radius 1 is 1.56 bits per heavy atom. The molecule has 0 aromatic rings. The van der Waals surface area contributed by atoms with Crippen LogP contribution in [0.15, 0.2) is 12.2 Å². The number of esters is 1. The van der Waals surface area contributed by atoms with E-state index in [1.807, 2.05) is 0 Å². The summed E-state index contributed by atoms with van der Waals surface area (Å²) in [5.74, 6) is -3.05. The summed E-state index contributed by atoms with van der Waals surface area (Å²) in [5.41, 5.74) is 0. The van der Waals surface area contributed by atoms with E-state index >= 15 is 0 Å². The van der Waals surface area contributed by atoms with E-state index in [2.05, 4.69) is 4.74 Å². The van der Waals surface area contributed by atoms with Gasteiger partial charge in [0.15, 0.2) is 5.92 Å². The molecule has 0 N–H and O–H groups in total. The normalized spacial score (nSPS) is 40.0. The van der Waals surface area contributed by atoms with Crippen LogP contribution in [0.4, 0.5) is 0 Å². The Balaban J connectivity index is 2.38. The fourth-order valence-electron chi connectivity index (χ4n) is 2.23. The van der Waals surface area contributed by atoms with Gasteiger partial charge in [-0.1, -0.05) is 6.08 Å². The van der Waals surface area contributed by atoms with Crippen molar-refractivity contribution in [1.29, 1.82) is 0 Å². The lowest BCUT2D eigenvalue weighted by atomic mass is 9.87. The first-order valence-corrected chi connectivity index (χ1v) is 4.69. The summed E-state index contributed by atoms with van der Waals surface area (Å²) in [7, 11) is 2.50. The zero-order valence-electron chi connectivity index (χ0n) is 8.78. The van der Waals surface area contributed by atoms with Crippen LogP contribution in [0, 0.1) is 16.0 Å². The van der Waals surface area contributed by atoms with Crippen molar-refractivity contribution in [3.8, 4) is 0 Å². The van der Waals surface area contributed by atoms with Crippen molar-refractivity contribution in [1.82, 2.24) is 0 Å². The van der Waals surface area contributed by atoms with E-state index in [1.165, 1.54) is 20.3 Å². The second-order valence-corrected chi connectivity index (χ2v) is 3.65. The van der Waals surface area contributed by atoms with Crippen LogP contribution in [-0.4, -0.2) is 43.0 Å². The molecular formula is C9H11NO6. The summed E-state index contributed by atoms with van der Waals surface area (Å²) in [6.07, 6.45) is 2.41. The minimum atomic E-state index is -1.44. The van der Waals surface area contributed by atoms with E-state index in [4.69, 9.17) is 9.47 Å². The fraction of sp³-hybridized carbons (Fsp3) is 0.667. The number of nitro groups is 1. The summed E-state index contributed by atoms with van der Waals surface area (Å²) in [6, 6.07) is -1.26. The lowest BCUT2D eigenvalue weighted by Crippen LogP contribution is -2.49. The quantitative estimate of drug-likeness (QED) is 0.286. The Kier molecular flexibility index (Phi) is 2.43. The number of carbonyl (C=O) groups excluding carboxylic acids is 1. The summed E-state index contributed by atoms with van der Waals surface area (Å²) >= 11 is 0. The molecule has 0 unspecified atom stereocenters. The van der Waals surface area contributed by atoms with Gasteiger partial charge in [0.25, 0.3) is 11.8 Å². The SMILES string of the molecule is COC(=O)[C@H]1[C@H]2C=C[C@](OC)(O2)[C@@H]1[N+](=O)[O-]. The third kappa shape index (κ3) is 1.25. The Bertz CT molecular complexity index is 367. The van der Waals surface area contributed by atoms with E-state index in [1.54, 1.807) is 6.08 Å². The number of hydrogen-bond acceptors (Lipinski definition) is 6. The molecule has 0 radical (unpaired) electrons. The number of carbonyl (C=O) groups is 1. The molecule has 1 saturated heterocycles. The monoisotopic (exact) mass is 229 g/mol. The van der Waals surface area contributed by atoms with Gasteiger partial charge >= 0.3 is 5.97 Å². The molecule has 88 valence electrons. The van der Waals surface area contributed by atoms with Gasteiger partial charge in [0, 0.05) is 12.0 Å². The molecular weight excluding hydrogens is 218 g/mol. The predicted molar refractivity (Wildman–Crippen MR) is 50.0 cm³/mol. The largest absolute Gasteiger partial charge is 0.469 e. The van der Waals surface area contributed by atoms with E-state index in [0.29, 0.717) is 0 Å². The molecule has 2 heterocycles. The van der Waals surface area contributed by atoms with Crippen LogP contribution in [-0.2, 0) is 19.0 Å². The number of fused-ring (bicyclic) bond motifs is 2. The van der Waals surface area contributed by atoms with Crippen molar-refractivity contribution >= 4 is 5.97 Å². The first kappa shape index (κ1) is 11.0. The Hall–Kier alpha value is -1.47. The first-order chi connectivity index (χ1) is 7.55. The van der Waals surface area contributed by atoms with Gasteiger partial charge in [0.05, 0.1) is 7.11 Å². The van der Waals surface area contributed by atoms with Gasteiger partial charge in [-0.15, -0.1) is 0 Å². The number of rotatable bonds is 3. The third-order valence-electron chi connectivity index (χ3n) is 2.96. The van der Waals surface area contributed by atoms with Gasteiger partial charge in [-0.05, 0) is 6.08 Å². The highest BCUT2D eigenvalue weighted by Gasteiger charge is 2.67. The van der Waals surface area contributed by atoms with Crippen LogP contribution in [0.25, 0.3) is 0 Å². The molecule has 0 aromatic heterocycles. The molecule has 7 heteroatoms. The number of nitrogens with zero attached hydrogens (tertiary/aromatic N) is 1. The van der Waals surface area contributed by atoms with Crippen molar-refractivity contribution in [2.75, 3.05) is 14.2 Å². The van der Waals surface area contributed by atoms with Crippen molar-refractivity contribution in [3.63, 3.8) is 0 Å². The van der Waals surface area contributed by atoms with Crippen LogP contribution < -0.4 is 0 Å². The van der Waals surface area contributed by atoms with Crippen molar-refractivity contribution in [2.24, 2.45) is 5.92 Å². The third-order valence-corrected chi connectivity index (χ3v) is 2.96. The van der Waals surface area contributed by atoms with Crippen LogP contribution in [0.1, 0.15) is 0 Å². The van der Waals surface area contributed by atoms with Gasteiger partial charge in [0.1, 0.15) is 6.10 Å². The highest BCUT2D eigenvalue weighted by Crippen LogP contribution is 2.44. The zero-order chi connectivity index (χ0) is 11.9. The van der Waals surface area contributed by atoms with E-state index in [-0.39, 0.29) is 0 Å². The summed E-state index contributed by atoms with van der Waals surface area (Å²) in [5, 5.41) is 11.0. The van der Waals surface area contributed by atoms with Gasteiger partial charge in [-0.25, -0.2) is 0 Å². The summed E-state index contributed by atoms with van der Waals surface area (Å²) < 4.78 is 14.9. The molecule has 2 aliphatic heterocycles. The minimum absolute atomic E-state index is 0.561. The Morgan fingerprint density at radius 3 is 2.75 bits per heavy atom. The maximum absolute atomic E-state index is 11.5. The van der Waals surface area contributed by atoms with E-state index < -0.39 is 34.7 Å². The summed E-state index contributed by atoms with van der Waals surface area (Å²) in [4.78, 5) is 21.9. The lowest BCUT2D eigenvalue weighted by Gasteiger charge is -2.24. The van der Waals surface area contributed by atoms with Gasteiger partial charge in [-0.3, -0.25) is 14.9 Å². The van der Waals surface area contributed by atoms with E-state index in [9.17, 15) is 14.9 Å². The van der Waals surface area contributed by atoms with Crippen molar-refractivity contribution in [3.05, 3.63) is 22.3 Å². The summed E-state index contributed by atoms with van der Waals surface area (Å²) in [6.45, 7) is 0.